The predicted molar refractivity (Wildman–Crippen MR) is 77.8 cm³/mol. The van der Waals surface area contributed by atoms with Crippen molar-refractivity contribution >= 4 is 17.4 Å². The molecule has 6 heteroatoms. The number of hydrogen-bond donors (Lipinski definition) is 0. The summed E-state index contributed by atoms with van der Waals surface area (Å²) < 4.78 is 5.26. The maximum Gasteiger partial charge on any atom is 0.410 e. The van der Waals surface area contributed by atoms with Gasteiger partial charge < -0.3 is 4.74 Å². The van der Waals surface area contributed by atoms with E-state index in [0.29, 0.717) is 6.61 Å². The Morgan fingerprint density at radius 3 is 3.00 bits per heavy atom. The Hall–Kier alpha value is -1.14. The third-order valence-corrected chi connectivity index (χ3v) is 5.40. The topological polar surface area (TPSA) is 45.7 Å². The van der Waals surface area contributed by atoms with Gasteiger partial charge in [-0.05, 0) is 12.8 Å². The van der Waals surface area contributed by atoms with Crippen molar-refractivity contribution in [3.8, 4) is 0 Å². The summed E-state index contributed by atoms with van der Waals surface area (Å²) in [4.78, 5) is 20.7. The SMILES string of the molecule is CCc1nc(CN2CCN3C(=O)OCC3(CC)C2)cs1. The first kappa shape index (κ1) is 13.8. The number of aryl methyl sites for hydroxylation is 1. The lowest BCUT2D eigenvalue weighted by molar-refractivity contribution is 0.0444. The van der Waals surface area contributed by atoms with Crippen LogP contribution in [0.2, 0.25) is 0 Å². The van der Waals surface area contributed by atoms with Gasteiger partial charge in [-0.25, -0.2) is 9.78 Å². The average molecular weight is 295 g/mol. The highest BCUT2D eigenvalue weighted by Crippen LogP contribution is 2.32. The molecular weight excluding hydrogens is 274 g/mol. The van der Waals surface area contributed by atoms with Crippen molar-refractivity contribution in [1.29, 1.82) is 0 Å². The van der Waals surface area contributed by atoms with Crippen molar-refractivity contribution < 1.29 is 9.53 Å². The molecule has 2 saturated heterocycles. The quantitative estimate of drug-likeness (QED) is 0.853. The largest absolute Gasteiger partial charge is 0.447 e. The van der Waals surface area contributed by atoms with Gasteiger partial charge in [0.05, 0.1) is 16.2 Å². The van der Waals surface area contributed by atoms with Crippen LogP contribution in [0.4, 0.5) is 4.79 Å². The standard InChI is InChI=1S/C14H21N3O2S/c1-3-12-15-11(8-20-12)7-16-5-6-17-13(18)19-10-14(17,4-2)9-16/h8H,3-7,9-10H2,1-2H3. The van der Waals surface area contributed by atoms with Crippen molar-refractivity contribution in [3.05, 3.63) is 16.1 Å². The van der Waals surface area contributed by atoms with Crippen molar-refractivity contribution in [3.63, 3.8) is 0 Å². The summed E-state index contributed by atoms with van der Waals surface area (Å²) in [5.41, 5.74) is 1.02. The van der Waals surface area contributed by atoms with Gasteiger partial charge in [0.1, 0.15) is 6.61 Å². The number of fused-ring (bicyclic) bond motifs is 1. The van der Waals surface area contributed by atoms with Gasteiger partial charge >= 0.3 is 6.09 Å². The number of piperazine rings is 1. The highest BCUT2D eigenvalue weighted by atomic mass is 32.1. The van der Waals surface area contributed by atoms with E-state index in [1.807, 2.05) is 4.90 Å². The van der Waals surface area contributed by atoms with Crippen molar-refractivity contribution in [2.24, 2.45) is 0 Å². The zero-order valence-electron chi connectivity index (χ0n) is 12.1. The lowest BCUT2D eigenvalue weighted by atomic mass is 9.93. The number of nitrogens with zero attached hydrogens (tertiary/aromatic N) is 3. The summed E-state index contributed by atoms with van der Waals surface area (Å²) in [7, 11) is 0. The molecule has 1 atom stereocenters. The number of thiazole rings is 1. The number of amides is 1. The highest BCUT2D eigenvalue weighted by molar-refractivity contribution is 7.09. The zero-order chi connectivity index (χ0) is 14.2. The van der Waals surface area contributed by atoms with Gasteiger partial charge in [-0.3, -0.25) is 9.80 Å². The van der Waals surface area contributed by atoms with Crippen LogP contribution in [0.5, 0.6) is 0 Å². The second-order valence-corrected chi connectivity index (χ2v) is 6.52. The number of cyclic esters (lactones) is 1. The minimum atomic E-state index is -0.145. The highest BCUT2D eigenvalue weighted by Gasteiger charge is 2.49. The van der Waals surface area contributed by atoms with Crippen molar-refractivity contribution in [2.45, 2.75) is 38.8 Å². The molecule has 1 aromatic rings. The molecule has 0 radical (unpaired) electrons. The summed E-state index contributed by atoms with van der Waals surface area (Å²) in [6.45, 7) is 8.21. The van der Waals surface area contributed by atoms with Crippen LogP contribution < -0.4 is 0 Å². The van der Waals surface area contributed by atoms with Crippen LogP contribution in [0.3, 0.4) is 0 Å². The second-order valence-electron chi connectivity index (χ2n) is 5.58. The van der Waals surface area contributed by atoms with E-state index in [9.17, 15) is 4.79 Å². The normalized spacial score (nSPS) is 26.7. The molecule has 0 N–H and O–H groups in total. The number of carbonyl (C=O) groups excluding carboxylic acids is 1. The van der Waals surface area contributed by atoms with E-state index in [4.69, 9.17) is 4.74 Å². The Morgan fingerprint density at radius 2 is 2.30 bits per heavy atom. The molecule has 3 heterocycles. The first-order valence-corrected chi connectivity index (χ1v) is 8.15. The molecule has 0 saturated carbocycles. The molecule has 1 unspecified atom stereocenters. The van der Waals surface area contributed by atoms with Gasteiger partial charge in [0.15, 0.2) is 0 Å². The van der Waals surface area contributed by atoms with Crippen LogP contribution in [0.1, 0.15) is 31.0 Å². The molecule has 2 aliphatic rings. The second kappa shape index (κ2) is 5.33. The molecule has 2 fully saturated rings. The van der Waals surface area contributed by atoms with Gasteiger partial charge in [0, 0.05) is 31.6 Å². The van der Waals surface area contributed by atoms with Gasteiger partial charge in [-0.15, -0.1) is 11.3 Å². The Morgan fingerprint density at radius 1 is 1.45 bits per heavy atom. The van der Waals surface area contributed by atoms with Gasteiger partial charge in [-0.1, -0.05) is 13.8 Å². The third kappa shape index (κ3) is 2.31. The van der Waals surface area contributed by atoms with Crippen LogP contribution in [0, 0.1) is 0 Å². The number of hydrogen-bond acceptors (Lipinski definition) is 5. The Kier molecular flexibility index (Phi) is 3.69. The smallest absolute Gasteiger partial charge is 0.410 e. The zero-order valence-corrected chi connectivity index (χ0v) is 12.9. The molecule has 1 amide bonds. The number of carbonyl (C=O) groups is 1. The number of rotatable bonds is 4. The predicted octanol–water partition coefficient (Wildman–Crippen LogP) is 2.12. The van der Waals surface area contributed by atoms with E-state index in [1.54, 1.807) is 11.3 Å². The molecular formula is C14H21N3O2S. The van der Waals surface area contributed by atoms with E-state index in [-0.39, 0.29) is 11.6 Å². The van der Waals surface area contributed by atoms with Crippen LogP contribution in [0.25, 0.3) is 0 Å². The molecule has 110 valence electrons. The van der Waals surface area contributed by atoms with E-state index < -0.39 is 0 Å². The molecule has 0 aromatic carbocycles. The lowest BCUT2D eigenvalue weighted by Crippen LogP contribution is -2.60. The molecule has 3 rings (SSSR count). The van der Waals surface area contributed by atoms with Crippen LogP contribution in [-0.2, 0) is 17.7 Å². The molecule has 1 aromatic heterocycles. The Balaban J connectivity index is 1.69. The van der Waals surface area contributed by atoms with E-state index in [1.165, 1.54) is 5.01 Å². The van der Waals surface area contributed by atoms with Gasteiger partial charge in [0.25, 0.3) is 0 Å². The van der Waals surface area contributed by atoms with Crippen molar-refractivity contribution in [2.75, 3.05) is 26.2 Å². The molecule has 0 bridgehead atoms. The van der Waals surface area contributed by atoms with Gasteiger partial charge in [0.2, 0.25) is 0 Å². The maximum absolute atomic E-state index is 11.8. The van der Waals surface area contributed by atoms with Crippen LogP contribution >= 0.6 is 11.3 Å². The van der Waals surface area contributed by atoms with Gasteiger partial charge in [-0.2, -0.15) is 0 Å². The van der Waals surface area contributed by atoms with E-state index in [0.717, 1.165) is 44.7 Å². The summed E-state index contributed by atoms with van der Waals surface area (Å²) in [6.07, 6.45) is 1.79. The Bertz CT molecular complexity index is 504. The average Bonchev–Trinajstić information content (AvgIpc) is 3.04. The number of ether oxygens (including phenoxy) is 1. The molecule has 2 aliphatic heterocycles. The summed E-state index contributed by atoms with van der Waals surface area (Å²) in [5, 5.41) is 3.35. The first-order chi connectivity index (χ1) is 9.66. The minimum Gasteiger partial charge on any atom is -0.447 e. The Labute approximate surface area is 123 Å². The lowest BCUT2D eigenvalue weighted by Gasteiger charge is -2.44. The van der Waals surface area contributed by atoms with E-state index in [2.05, 4.69) is 29.1 Å². The van der Waals surface area contributed by atoms with Crippen molar-refractivity contribution in [1.82, 2.24) is 14.8 Å². The summed E-state index contributed by atoms with van der Waals surface area (Å²) in [5.74, 6) is 0. The van der Waals surface area contributed by atoms with Crippen LogP contribution in [-0.4, -0.2) is 52.7 Å². The molecule has 5 nitrogen and oxygen atoms in total. The molecule has 0 aliphatic carbocycles. The molecule has 20 heavy (non-hydrogen) atoms. The maximum atomic E-state index is 11.8. The van der Waals surface area contributed by atoms with E-state index >= 15 is 0 Å². The first-order valence-electron chi connectivity index (χ1n) is 7.27. The molecule has 0 spiro atoms. The summed E-state index contributed by atoms with van der Waals surface area (Å²) in [6, 6.07) is 0. The third-order valence-electron chi connectivity index (χ3n) is 4.36. The monoisotopic (exact) mass is 295 g/mol. The summed E-state index contributed by atoms with van der Waals surface area (Å²) >= 11 is 1.74. The fraction of sp³-hybridized carbons (Fsp3) is 0.714. The fourth-order valence-corrected chi connectivity index (χ4v) is 3.83. The minimum absolute atomic E-state index is 0.126. The number of aromatic nitrogens is 1. The van der Waals surface area contributed by atoms with Crippen LogP contribution in [0.15, 0.2) is 5.38 Å². The fourth-order valence-electron chi connectivity index (χ4n) is 3.09.